The second-order valence-corrected chi connectivity index (χ2v) is 4.25. The number of halogens is 1. The van der Waals surface area contributed by atoms with Crippen LogP contribution in [0, 0.1) is 5.82 Å². The first-order chi connectivity index (χ1) is 8.58. The number of carboxylic acid groups (broad SMARTS) is 1. The van der Waals surface area contributed by atoms with Crippen LogP contribution in [-0.4, -0.2) is 23.3 Å². The molecule has 1 aliphatic carbocycles. The van der Waals surface area contributed by atoms with E-state index in [9.17, 15) is 9.18 Å². The van der Waals surface area contributed by atoms with Crippen LogP contribution >= 0.6 is 0 Å². The largest absolute Gasteiger partial charge is 0.490 e. The molecule has 1 aliphatic rings. The molecule has 1 amide bonds. The molecular weight excluding hydrogens is 237 g/mol. The van der Waals surface area contributed by atoms with Gasteiger partial charge in [-0.15, -0.1) is 0 Å². The molecule has 1 aromatic carbocycles. The van der Waals surface area contributed by atoms with Crippen molar-refractivity contribution < 1.29 is 19.0 Å². The lowest BCUT2D eigenvalue weighted by Crippen LogP contribution is -2.48. The first-order valence-corrected chi connectivity index (χ1v) is 5.66. The van der Waals surface area contributed by atoms with Crippen molar-refractivity contribution >= 4 is 12.2 Å². The molecule has 0 bridgehead atoms. The summed E-state index contributed by atoms with van der Waals surface area (Å²) >= 11 is 0. The Hall–Kier alpha value is -2.04. The zero-order valence-corrected chi connectivity index (χ0v) is 9.73. The molecule has 2 N–H and O–H groups in total. The van der Waals surface area contributed by atoms with Crippen LogP contribution in [0.25, 0.3) is 6.08 Å². The average molecular weight is 251 g/mol. The number of rotatable bonds is 4. The van der Waals surface area contributed by atoms with Crippen molar-refractivity contribution in [3.8, 4) is 5.75 Å². The van der Waals surface area contributed by atoms with Crippen molar-refractivity contribution in [2.24, 2.45) is 0 Å². The molecule has 0 aromatic heterocycles. The van der Waals surface area contributed by atoms with E-state index < -0.39 is 6.09 Å². The molecule has 0 spiro atoms. The Morgan fingerprint density at radius 3 is 2.89 bits per heavy atom. The van der Waals surface area contributed by atoms with Crippen molar-refractivity contribution in [3.05, 3.63) is 36.2 Å². The van der Waals surface area contributed by atoms with Gasteiger partial charge in [-0.2, -0.15) is 0 Å². The van der Waals surface area contributed by atoms with Crippen molar-refractivity contribution in [2.45, 2.75) is 25.0 Å². The fourth-order valence-electron chi connectivity index (χ4n) is 1.90. The molecule has 18 heavy (non-hydrogen) atoms. The van der Waals surface area contributed by atoms with E-state index >= 15 is 0 Å². The second kappa shape index (κ2) is 5.08. The van der Waals surface area contributed by atoms with Gasteiger partial charge in [-0.05, 0) is 18.2 Å². The highest BCUT2D eigenvalue weighted by Crippen LogP contribution is 2.27. The lowest BCUT2D eigenvalue weighted by Gasteiger charge is -2.35. The number of hydrogen-bond donors (Lipinski definition) is 2. The summed E-state index contributed by atoms with van der Waals surface area (Å²) in [5.41, 5.74) is 0.395. The van der Waals surface area contributed by atoms with Crippen LogP contribution in [0.1, 0.15) is 18.4 Å². The first kappa shape index (κ1) is 12.4. The molecular formula is C13H14FNO3. The SMILES string of the molecule is C=Cc1cc(O[C@H]2C[C@H](NC(=O)O)C2)ccc1F. The Labute approximate surface area is 104 Å². The van der Waals surface area contributed by atoms with Crippen LogP contribution in [0.5, 0.6) is 5.75 Å². The highest BCUT2D eigenvalue weighted by Gasteiger charge is 2.32. The first-order valence-electron chi connectivity index (χ1n) is 5.66. The molecule has 0 unspecified atom stereocenters. The third-order valence-corrected chi connectivity index (χ3v) is 2.91. The summed E-state index contributed by atoms with van der Waals surface area (Å²) in [6, 6.07) is 4.42. The molecule has 1 fully saturated rings. The van der Waals surface area contributed by atoms with Crippen LogP contribution in [-0.2, 0) is 0 Å². The van der Waals surface area contributed by atoms with Gasteiger partial charge in [0.25, 0.3) is 0 Å². The fourth-order valence-corrected chi connectivity index (χ4v) is 1.90. The topological polar surface area (TPSA) is 58.6 Å². The normalized spacial score (nSPS) is 21.8. The maximum absolute atomic E-state index is 13.2. The average Bonchev–Trinajstić information content (AvgIpc) is 2.28. The molecule has 0 radical (unpaired) electrons. The third-order valence-electron chi connectivity index (χ3n) is 2.91. The van der Waals surface area contributed by atoms with E-state index in [0.29, 0.717) is 24.2 Å². The van der Waals surface area contributed by atoms with Crippen LogP contribution in [0.2, 0.25) is 0 Å². The van der Waals surface area contributed by atoms with Crippen molar-refractivity contribution in [2.75, 3.05) is 0 Å². The quantitative estimate of drug-likeness (QED) is 0.864. The Morgan fingerprint density at radius 2 is 2.28 bits per heavy atom. The predicted molar refractivity (Wildman–Crippen MR) is 65.1 cm³/mol. The summed E-state index contributed by atoms with van der Waals surface area (Å²) in [6.07, 6.45) is 1.65. The van der Waals surface area contributed by atoms with E-state index in [1.54, 1.807) is 12.1 Å². The summed E-state index contributed by atoms with van der Waals surface area (Å²) in [5.74, 6) is 0.237. The van der Waals surface area contributed by atoms with Gasteiger partial charge in [-0.3, -0.25) is 0 Å². The Kier molecular flexibility index (Phi) is 3.50. The number of nitrogens with one attached hydrogen (secondary N) is 1. The molecule has 2 rings (SSSR count). The van der Waals surface area contributed by atoms with Crippen LogP contribution in [0.15, 0.2) is 24.8 Å². The van der Waals surface area contributed by atoms with E-state index in [1.165, 1.54) is 12.1 Å². The summed E-state index contributed by atoms with van der Waals surface area (Å²) in [4.78, 5) is 10.4. The monoisotopic (exact) mass is 251 g/mol. The second-order valence-electron chi connectivity index (χ2n) is 4.25. The molecule has 0 saturated heterocycles. The molecule has 5 heteroatoms. The third kappa shape index (κ3) is 2.80. The highest BCUT2D eigenvalue weighted by molar-refractivity contribution is 5.65. The van der Waals surface area contributed by atoms with Gasteiger partial charge >= 0.3 is 6.09 Å². The zero-order valence-electron chi connectivity index (χ0n) is 9.73. The zero-order chi connectivity index (χ0) is 13.1. The molecule has 96 valence electrons. The number of hydrogen-bond acceptors (Lipinski definition) is 2. The van der Waals surface area contributed by atoms with E-state index in [-0.39, 0.29) is 18.0 Å². The molecule has 0 atom stereocenters. The summed E-state index contributed by atoms with van der Waals surface area (Å²) in [5, 5.41) is 10.9. The van der Waals surface area contributed by atoms with Gasteiger partial charge in [-0.1, -0.05) is 12.7 Å². The van der Waals surface area contributed by atoms with Gasteiger partial charge in [0.1, 0.15) is 17.7 Å². The van der Waals surface area contributed by atoms with E-state index in [1.807, 2.05) is 0 Å². The predicted octanol–water partition coefficient (Wildman–Crippen LogP) is 2.65. The van der Waals surface area contributed by atoms with E-state index in [2.05, 4.69) is 11.9 Å². The van der Waals surface area contributed by atoms with Gasteiger partial charge in [-0.25, -0.2) is 9.18 Å². The Morgan fingerprint density at radius 1 is 1.56 bits per heavy atom. The summed E-state index contributed by atoms with van der Waals surface area (Å²) < 4.78 is 18.8. The minimum absolute atomic E-state index is 0.0232. The minimum atomic E-state index is -1.02. The summed E-state index contributed by atoms with van der Waals surface area (Å²) in [6.45, 7) is 3.52. The Bertz CT molecular complexity index is 469. The maximum Gasteiger partial charge on any atom is 0.404 e. The van der Waals surface area contributed by atoms with Gasteiger partial charge in [0, 0.05) is 24.4 Å². The highest BCUT2D eigenvalue weighted by atomic mass is 19.1. The van der Waals surface area contributed by atoms with E-state index in [4.69, 9.17) is 9.84 Å². The van der Waals surface area contributed by atoms with Crippen LogP contribution < -0.4 is 10.1 Å². The van der Waals surface area contributed by atoms with Gasteiger partial charge in [0.2, 0.25) is 0 Å². The van der Waals surface area contributed by atoms with Gasteiger partial charge < -0.3 is 15.2 Å². The smallest absolute Gasteiger partial charge is 0.404 e. The van der Waals surface area contributed by atoms with E-state index in [0.717, 1.165) is 0 Å². The number of benzene rings is 1. The lowest BCUT2D eigenvalue weighted by molar-refractivity contribution is 0.0833. The van der Waals surface area contributed by atoms with Crippen molar-refractivity contribution in [1.82, 2.24) is 5.32 Å². The molecule has 1 saturated carbocycles. The van der Waals surface area contributed by atoms with Crippen LogP contribution in [0.3, 0.4) is 0 Å². The standard InChI is InChI=1S/C13H14FNO3/c1-2-8-5-10(3-4-12(8)14)18-11-6-9(7-11)15-13(16)17/h2-5,9,11,15H,1,6-7H2,(H,16,17)/t9-,11-. The maximum atomic E-state index is 13.2. The number of carbonyl (C=O) groups is 1. The molecule has 0 aliphatic heterocycles. The molecule has 1 aromatic rings. The lowest BCUT2D eigenvalue weighted by atomic mass is 9.89. The Balaban J connectivity index is 1.88. The van der Waals surface area contributed by atoms with Gasteiger partial charge in [0.15, 0.2) is 0 Å². The number of ether oxygens (including phenoxy) is 1. The number of amides is 1. The van der Waals surface area contributed by atoms with Crippen LogP contribution in [0.4, 0.5) is 9.18 Å². The summed E-state index contributed by atoms with van der Waals surface area (Å²) in [7, 11) is 0. The molecule has 0 heterocycles. The van der Waals surface area contributed by atoms with Gasteiger partial charge in [0.05, 0.1) is 0 Å². The van der Waals surface area contributed by atoms with Crippen molar-refractivity contribution in [3.63, 3.8) is 0 Å². The minimum Gasteiger partial charge on any atom is -0.490 e. The van der Waals surface area contributed by atoms with Crippen molar-refractivity contribution in [1.29, 1.82) is 0 Å². The fraction of sp³-hybridized carbons (Fsp3) is 0.308. The molecule has 4 nitrogen and oxygen atoms in total.